The summed E-state index contributed by atoms with van der Waals surface area (Å²) >= 11 is 0. The molecule has 4 rings (SSSR count). The van der Waals surface area contributed by atoms with Crippen LogP contribution in [-0.2, 0) is 19.5 Å². The summed E-state index contributed by atoms with van der Waals surface area (Å²) in [5.41, 5.74) is 0.665. The Labute approximate surface area is 147 Å². The number of aryl methyl sites for hydroxylation is 1. The van der Waals surface area contributed by atoms with Crippen LogP contribution < -0.4 is 0 Å². The van der Waals surface area contributed by atoms with Gasteiger partial charge in [0, 0.05) is 51.5 Å². The number of carbonyl (C=O) groups excluding carboxylic acids is 1. The quantitative estimate of drug-likeness (QED) is 0.844. The Kier molecular flexibility index (Phi) is 4.74. The molecule has 0 atom stereocenters. The average molecular weight is 340 g/mol. The van der Waals surface area contributed by atoms with E-state index in [2.05, 4.69) is 24.6 Å². The molecule has 1 amide bonds. The molecule has 25 heavy (non-hydrogen) atoms. The Bertz CT molecular complexity index is 720. The van der Waals surface area contributed by atoms with E-state index in [4.69, 9.17) is 0 Å². The van der Waals surface area contributed by atoms with Gasteiger partial charge in [-0.15, -0.1) is 10.2 Å². The lowest BCUT2D eigenvalue weighted by molar-refractivity contribution is 0.0623. The zero-order valence-corrected chi connectivity index (χ0v) is 14.5. The summed E-state index contributed by atoms with van der Waals surface area (Å²) in [6, 6.07) is 3.63. The highest BCUT2D eigenvalue weighted by Gasteiger charge is 2.24. The van der Waals surface area contributed by atoms with Gasteiger partial charge in [0.2, 0.25) is 0 Å². The van der Waals surface area contributed by atoms with Crippen LogP contribution >= 0.6 is 0 Å². The number of amides is 1. The van der Waals surface area contributed by atoms with E-state index in [9.17, 15) is 4.79 Å². The fraction of sp³-hybridized carbons (Fsp3) is 0.556. The van der Waals surface area contributed by atoms with Crippen LogP contribution in [-0.4, -0.2) is 61.6 Å². The molecule has 7 heteroatoms. The second kappa shape index (κ2) is 7.31. The van der Waals surface area contributed by atoms with Crippen LogP contribution in [0.1, 0.15) is 41.3 Å². The highest BCUT2D eigenvalue weighted by molar-refractivity contribution is 5.93. The molecule has 2 aromatic rings. The third-order valence-electron chi connectivity index (χ3n) is 5.12. The molecule has 0 spiro atoms. The lowest BCUT2D eigenvalue weighted by atomic mass is 10.2. The Hall–Kier alpha value is -2.28. The molecule has 7 nitrogen and oxygen atoms in total. The van der Waals surface area contributed by atoms with Gasteiger partial charge in [-0.05, 0) is 25.0 Å². The van der Waals surface area contributed by atoms with Crippen molar-refractivity contribution in [1.82, 2.24) is 29.5 Å². The van der Waals surface area contributed by atoms with Crippen molar-refractivity contribution < 1.29 is 4.79 Å². The zero-order chi connectivity index (χ0) is 17.1. The fourth-order valence-corrected chi connectivity index (χ4v) is 3.64. The first-order valence-corrected chi connectivity index (χ1v) is 9.14. The van der Waals surface area contributed by atoms with Gasteiger partial charge in [-0.1, -0.05) is 6.42 Å². The van der Waals surface area contributed by atoms with E-state index >= 15 is 0 Å². The predicted octanol–water partition coefficient (Wildman–Crippen LogP) is 1.36. The van der Waals surface area contributed by atoms with E-state index in [0.29, 0.717) is 5.56 Å². The van der Waals surface area contributed by atoms with Crippen molar-refractivity contribution in [2.75, 3.05) is 26.2 Å². The van der Waals surface area contributed by atoms with Crippen LogP contribution in [0.25, 0.3) is 0 Å². The van der Waals surface area contributed by atoms with E-state index in [-0.39, 0.29) is 5.91 Å². The number of nitrogens with zero attached hydrogens (tertiary/aromatic N) is 6. The lowest BCUT2D eigenvalue weighted by Crippen LogP contribution is -2.48. The number of rotatable bonds is 3. The second-order valence-corrected chi connectivity index (χ2v) is 6.80. The van der Waals surface area contributed by atoms with Gasteiger partial charge >= 0.3 is 0 Å². The standard InChI is InChI=1S/C18H24N6O/c25-18(15-5-4-7-19-13-15)23-11-9-22(10-12-23)14-17-21-20-16-6-2-1-3-8-24(16)17/h4-5,7,13H,1-3,6,8-12,14H2. The van der Waals surface area contributed by atoms with Gasteiger partial charge in [-0.25, -0.2) is 0 Å². The molecule has 2 aliphatic rings. The second-order valence-electron chi connectivity index (χ2n) is 6.80. The summed E-state index contributed by atoms with van der Waals surface area (Å²) in [7, 11) is 0. The van der Waals surface area contributed by atoms with Gasteiger partial charge in [0.05, 0.1) is 12.1 Å². The van der Waals surface area contributed by atoms with E-state index in [1.165, 1.54) is 19.3 Å². The van der Waals surface area contributed by atoms with E-state index in [1.807, 2.05) is 11.0 Å². The first kappa shape index (κ1) is 16.2. The molecule has 0 radical (unpaired) electrons. The number of fused-ring (bicyclic) bond motifs is 1. The summed E-state index contributed by atoms with van der Waals surface area (Å²) in [6.07, 6.45) is 8.08. The monoisotopic (exact) mass is 340 g/mol. The van der Waals surface area contributed by atoms with Crippen LogP contribution in [0.15, 0.2) is 24.5 Å². The van der Waals surface area contributed by atoms with Crippen LogP contribution in [0.3, 0.4) is 0 Å². The fourth-order valence-electron chi connectivity index (χ4n) is 3.64. The molecule has 2 aromatic heterocycles. The molecule has 0 bridgehead atoms. The molecule has 0 N–H and O–H groups in total. The summed E-state index contributed by atoms with van der Waals surface area (Å²) in [6.45, 7) is 5.09. The normalized spacial score (nSPS) is 18.6. The molecule has 0 saturated carbocycles. The number of carbonyl (C=O) groups is 1. The van der Waals surface area contributed by atoms with Crippen molar-refractivity contribution in [3.05, 3.63) is 41.7 Å². The molecule has 1 saturated heterocycles. The number of piperazine rings is 1. The van der Waals surface area contributed by atoms with Crippen LogP contribution in [0.4, 0.5) is 0 Å². The SMILES string of the molecule is O=C(c1cccnc1)N1CCN(Cc2nnc3n2CCCCC3)CC1. The molecule has 0 unspecified atom stereocenters. The summed E-state index contributed by atoms with van der Waals surface area (Å²) in [5, 5.41) is 8.80. The third-order valence-corrected chi connectivity index (χ3v) is 5.12. The van der Waals surface area contributed by atoms with Crippen molar-refractivity contribution in [2.45, 2.75) is 38.8 Å². The molecule has 0 aliphatic carbocycles. The number of pyridine rings is 1. The minimum Gasteiger partial charge on any atom is -0.336 e. The van der Waals surface area contributed by atoms with Crippen LogP contribution in [0.5, 0.6) is 0 Å². The van der Waals surface area contributed by atoms with Gasteiger partial charge in [0.1, 0.15) is 11.6 Å². The Morgan fingerprint density at radius 1 is 1.04 bits per heavy atom. The molecular formula is C18H24N6O. The number of aromatic nitrogens is 4. The zero-order valence-electron chi connectivity index (χ0n) is 14.5. The van der Waals surface area contributed by atoms with Crippen molar-refractivity contribution in [3.8, 4) is 0 Å². The van der Waals surface area contributed by atoms with Crippen LogP contribution in [0.2, 0.25) is 0 Å². The maximum absolute atomic E-state index is 12.5. The molecular weight excluding hydrogens is 316 g/mol. The molecule has 4 heterocycles. The maximum Gasteiger partial charge on any atom is 0.255 e. The first-order valence-electron chi connectivity index (χ1n) is 9.14. The molecule has 0 aromatic carbocycles. The minimum absolute atomic E-state index is 0.0732. The number of hydrogen-bond donors (Lipinski definition) is 0. The lowest BCUT2D eigenvalue weighted by Gasteiger charge is -2.34. The van der Waals surface area contributed by atoms with Crippen molar-refractivity contribution in [2.24, 2.45) is 0 Å². The Morgan fingerprint density at radius 2 is 1.92 bits per heavy atom. The topological polar surface area (TPSA) is 67.2 Å². The van der Waals surface area contributed by atoms with Gasteiger partial charge < -0.3 is 9.47 Å². The van der Waals surface area contributed by atoms with E-state index in [0.717, 1.165) is 57.3 Å². The molecule has 2 aliphatic heterocycles. The smallest absolute Gasteiger partial charge is 0.255 e. The van der Waals surface area contributed by atoms with Gasteiger partial charge in [-0.2, -0.15) is 0 Å². The predicted molar refractivity (Wildman–Crippen MR) is 93.0 cm³/mol. The Morgan fingerprint density at radius 3 is 2.72 bits per heavy atom. The van der Waals surface area contributed by atoms with Crippen LogP contribution in [0, 0.1) is 0 Å². The van der Waals surface area contributed by atoms with E-state index < -0.39 is 0 Å². The Balaban J connectivity index is 1.35. The first-order chi connectivity index (χ1) is 12.3. The van der Waals surface area contributed by atoms with Gasteiger partial charge in [0.25, 0.3) is 5.91 Å². The average Bonchev–Trinajstić information content (AvgIpc) is 2.89. The summed E-state index contributed by atoms with van der Waals surface area (Å²) < 4.78 is 2.31. The maximum atomic E-state index is 12.5. The highest BCUT2D eigenvalue weighted by Crippen LogP contribution is 2.16. The van der Waals surface area contributed by atoms with Crippen molar-refractivity contribution in [3.63, 3.8) is 0 Å². The minimum atomic E-state index is 0.0732. The molecule has 1 fully saturated rings. The summed E-state index contributed by atoms with van der Waals surface area (Å²) in [4.78, 5) is 20.8. The van der Waals surface area contributed by atoms with E-state index in [1.54, 1.807) is 18.5 Å². The van der Waals surface area contributed by atoms with Crippen molar-refractivity contribution >= 4 is 5.91 Å². The largest absolute Gasteiger partial charge is 0.336 e. The van der Waals surface area contributed by atoms with Gasteiger partial charge in [-0.3, -0.25) is 14.7 Å². The third kappa shape index (κ3) is 3.56. The highest BCUT2D eigenvalue weighted by atomic mass is 16.2. The molecule has 132 valence electrons. The van der Waals surface area contributed by atoms with Gasteiger partial charge in [0.15, 0.2) is 0 Å². The summed E-state index contributed by atoms with van der Waals surface area (Å²) in [5.74, 6) is 2.28. The number of hydrogen-bond acceptors (Lipinski definition) is 5. The van der Waals surface area contributed by atoms with Crippen molar-refractivity contribution in [1.29, 1.82) is 0 Å².